The number of aldehydes is 1. The minimum atomic E-state index is -2.71. The molecule has 0 aliphatic rings. The molecule has 0 aliphatic heterocycles. The molecular weight excluding hydrogens is 156 g/mol. The van der Waals surface area contributed by atoms with Gasteiger partial charge in [-0.3, -0.25) is 4.18 Å². The highest BCUT2D eigenvalue weighted by molar-refractivity contribution is 7.67. The standard InChI is InChI=1S/C5H10O4S/c6-4-2-1-3-5-9-10(7)8/h4,10H,1-3,5H2. The molecule has 0 rings (SSSR count). The zero-order chi connectivity index (χ0) is 7.82. The van der Waals surface area contributed by atoms with E-state index in [1.165, 1.54) is 0 Å². The molecule has 60 valence electrons. The first-order valence-electron chi connectivity index (χ1n) is 2.98. The van der Waals surface area contributed by atoms with Gasteiger partial charge in [0.15, 0.2) is 0 Å². The summed E-state index contributed by atoms with van der Waals surface area (Å²) in [4.78, 5) is 9.74. The van der Waals surface area contributed by atoms with Crippen LogP contribution in [0.1, 0.15) is 19.3 Å². The van der Waals surface area contributed by atoms with Crippen LogP contribution in [0, 0.1) is 0 Å². The lowest BCUT2D eigenvalue weighted by molar-refractivity contribution is -0.107. The normalized spacial score (nSPS) is 10.1. The Labute approximate surface area is 61.3 Å². The summed E-state index contributed by atoms with van der Waals surface area (Å²) in [6, 6.07) is 0. The van der Waals surface area contributed by atoms with Gasteiger partial charge in [0, 0.05) is 6.42 Å². The Morgan fingerprint density at radius 3 is 2.50 bits per heavy atom. The van der Waals surface area contributed by atoms with Crippen molar-refractivity contribution in [2.45, 2.75) is 19.3 Å². The monoisotopic (exact) mass is 166 g/mol. The number of rotatable bonds is 6. The summed E-state index contributed by atoms with van der Waals surface area (Å²) in [5.41, 5.74) is 0. The number of hydrogen-bond donors (Lipinski definition) is 1. The van der Waals surface area contributed by atoms with E-state index in [-0.39, 0.29) is 6.61 Å². The summed E-state index contributed by atoms with van der Waals surface area (Å²) in [5, 5.41) is 0. The quantitative estimate of drug-likeness (QED) is 0.340. The number of thiol groups is 1. The van der Waals surface area contributed by atoms with Gasteiger partial charge >= 0.3 is 0 Å². The largest absolute Gasteiger partial charge is 0.303 e. The third kappa shape index (κ3) is 7.58. The van der Waals surface area contributed by atoms with Crippen LogP contribution in [0.15, 0.2) is 0 Å². The second-order valence-corrected chi connectivity index (χ2v) is 2.42. The maximum atomic E-state index is 9.78. The van der Waals surface area contributed by atoms with Crippen LogP contribution in [0.4, 0.5) is 0 Å². The maximum Gasteiger partial charge on any atom is 0.257 e. The summed E-state index contributed by atoms with van der Waals surface area (Å²) < 4.78 is 23.8. The Bertz CT molecular complexity index is 144. The number of carbonyl (C=O) groups is 1. The van der Waals surface area contributed by atoms with Crippen LogP contribution in [0.3, 0.4) is 0 Å². The molecule has 0 amide bonds. The number of carbonyl (C=O) groups excluding carboxylic acids is 1. The van der Waals surface area contributed by atoms with Crippen LogP contribution in [0.2, 0.25) is 0 Å². The van der Waals surface area contributed by atoms with E-state index < -0.39 is 11.0 Å². The maximum absolute atomic E-state index is 9.78. The molecule has 5 heteroatoms. The Balaban J connectivity index is 2.97. The average Bonchev–Trinajstić information content (AvgIpc) is 1.87. The van der Waals surface area contributed by atoms with E-state index in [1.807, 2.05) is 0 Å². The van der Waals surface area contributed by atoms with Crippen LogP contribution < -0.4 is 0 Å². The van der Waals surface area contributed by atoms with E-state index >= 15 is 0 Å². The van der Waals surface area contributed by atoms with E-state index in [4.69, 9.17) is 0 Å². The van der Waals surface area contributed by atoms with Crippen LogP contribution in [-0.2, 0) is 20.0 Å². The van der Waals surface area contributed by atoms with Crippen molar-refractivity contribution in [3.05, 3.63) is 0 Å². The topological polar surface area (TPSA) is 60.4 Å². The molecule has 0 saturated carbocycles. The lowest BCUT2D eigenvalue weighted by Gasteiger charge is -1.92. The Hall–Kier alpha value is -0.420. The SMILES string of the molecule is O=CCCCCO[SH](=O)=O. The van der Waals surface area contributed by atoms with Crippen molar-refractivity contribution >= 4 is 17.3 Å². The fraction of sp³-hybridized carbons (Fsp3) is 0.800. The highest BCUT2D eigenvalue weighted by atomic mass is 32.2. The lowest BCUT2D eigenvalue weighted by Crippen LogP contribution is -1.91. The van der Waals surface area contributed by atoms with Gasteiger partial charge in [-0.2, -0.15) is 0 Å². The van der Waals surface area contributed by atoms with Crippen LogP contribution in [-0.4, -0.2) is 21.3 Å². The first-order valence-corrected chi connectivity index (χ1v) is 4.08. The Morgan fingerprint density at radius 2 is 2.00 bits per heavy atom. The van der Waals surface area contributed by atoms with Gasteiger partial charge in [0.1, 0.15) is 6.29 Å². The average molecular weight is 166 g/mol. The van der Waals surface area contributed by atoms with Gasteiger partial charge in [0.25, 0.3) is 11.0 Å². The third-order valence-electron chi connectivity index (χ3n) is 0.913. The van der Waals surface area contributed by atoms with Crippen molar-refractivity contribution in [3.8, 4) is 0 Å². The van der Waals surface area contributed by atoms with Crippen molar-refractivity contribution < 1.29 is 17.4 Å². The predicted molar refractivity (Wildman–Crippen MR) is 36.2 cm³/mol. The molecule has 4 nitrogen and oxygen atoms in total. The van der Waals surface area contributed by atoms with Crippen molar-refractivity contribution in [2.75, 3.05) is 6.61 Å². The Kier molecular flexibility index (Phi) is 6.42. The van der Waals surface area contributed by atoms with Gasteiger partial charge < -0.3 is 4.79 Å². The lowest BCUT2D eigenvalue weighted by atomic mass is 10.3. The molecule has 10 heavy (non-hydrogen) atoms. The van der Waals surface area contributed by atoms with Crippen molar-refractivity contribution in [3.63, 3.8) is 0 Å². The first kappa shape index (κ1) is 9.58. The highest BCUT2D eigenvalue weighted by Crippen LogP contribution is 1.92. The molecule has 0 spiro atoms. The number of unbranched alkanes of at least 4 members (excludes halogenated alkanes) is 2. The van der Waals surface area contributed by atoms with Gasteiger partial charge in [-0.05, 0) is 12.8 Å². The number of hydrogen-bond acceptors (Lipinski definition) is 4. The minimum Gasteiger partial charge on any atom is -0.303 e. The van der Waals surface area contributed by atoms with Crippen LogP contribution in [0.25, 0.3) is 0 Å². The molecule has 0 aliphatic carbocycles. The smallest absolute Gasteiger partial charge is 0.257 e. The molecular formula is C5H10O4S. The van der Waals surface area contributed by atoms with Gasteiger partial charge in [-0.25, -0.2) is 8.42 Å². The summed E-state index contributed by atoms with van der Waals surface area (Å²) in [6.07, 6.45) is 2.57. The molecule has 0 aromatic heterocycles. The molecule has 0 fully saturated rings. The van der Waals surface area contributed by atoms with Crippen LogP contribution in [0.5, 0.6) is 0 Å². The summed E-state index contributed by atoms with van der Waals surface area (Å²) in [5.74, 6) is 0. The molecule has 0 N–H and O–H groups in total. The van der Waals surface area contributed by atoms with E-state index in [9.17, 15) is 13.2 Å². The van der Waals surface area contributed by atoms with Gasteiger partial charge in [-0.15, -0.1) is 0 Å². The van der Waals surface area contributed by atoms with Crippen molar-refractivity contribution in [2.24, 2.45) is 0 Å². The molecule has 0 atom stereocenters. The second-order valence-electron chi connectivity index (χ2n) is 1.72. The van der Waals surface area contributed by atoms with E-state index in [2.05, 4.69) is 4.18 Å². The molecule has 0 aromatic rings. The van der Waals surface area contributed by atoms with Gasteiger partial charge in [0.2, 0.25) is 0 Å². The van der Waals surface area contributed by atoms with Crippen molar-refractivity contribution in [1.29, 1.82) is 0 Å². The molecule has 0 unspecified atom stereocenters. The first-order chi connectivity index (χ1) is 4.77. The second kappa shape index (κ2) is 6.70. The molecule has 0 aromatic carbocycles. The summed E-state index contributed by atoms with van der Waals surface area (Å²) in [7, 11) is -2.71. The van der Waals surface area contributed by atoms with E-state index in [0.717, 1.165) is 6.29 Å². The molecule has 0 radical (unpaired) electrons. The zero-order valence-corrected chi connectivity index (χ0v) is 6.38. The summed E-state index contributed by atoms with van der Waals surface area (Å²) >= 11 is 0. The minimum absolute atomic E-state index is 0.187. The zero-order valence-electron chi connectivity index (χ0n) is 5.49. The highest BCUT2D eigenvalue weighted by Gasteiger charge is 1.88. The predicted octanol–water partition coefficient (Wildman–Crippen LogP) is -0.101. The molecule has 0 saturated heterocycles. The van der Waals surface area contributed by atoms with Gasteiger partial charge in [0.05, 0.1) is 6.61 Å². The Morgan fingerprint density at radius 1 is 1.30 bits per heavy atom. The molecule has 0 heterocycles. The summed E-state index contributed by atoms with van der Waals surface area (Å²) in [6.45, 7) is 0.187. The fourth-order valence-electron chi connectivity index (χ4n) is 0.469. The van der Waals surface area contributed by atoms with E-state index in [0.29, 0.717) is 19.3 Å². The fourth-order valence-corrected chi connectivity index (χ4v) is 0.747. The van der Waals surface area contributed by atoms with Crippen LogP contribution >= 0.6 is 0 Å². The van der Waals surface area contributed by atoms with Gasteiger partial charge in [-0.1, -0.05) is 0 Å². The van der Waals surface area contributed by atoms with E-state index in [1.54, 1.807) is 0 Å². The van der Waals surface area contributed by atoms with Crippen molar-refractivity contribution in [1.82, 2.24) is 0 Å². The molecule has 0 bridgehead atoms. The third-order valence-corrected chi connectivity index (χ3v) is 1.31.